The van der Waals surface area contributed by atoms with Crippen molar-refractivity contribution in [1.82, 2.24) is 9.97 Å². The van der Waals surface area contributed by atoms with Crippen molar-refractivity contribution >= 4 is 29.5 Å². The smallest absolute Gasteiger partial charge is 0.138 e. The predicted molar refractivity (Wildman–Crippen MR) is 144 cm³/mol. The van der Waals surface area contributed by atoms with E-state index in [-0.39, 0.29) is 5.82 Å². The Morgan fingerprint density at radius 1 is 0.788 bits per heavy atom. The highest BCUT2D eigenvalue weighted by molar-refractivity contribution is 8.29. The van der Waals surface area contributed by atoms with Gasteiger partial charge in [0.25, 0.3) is 0 Å². The van der Waals surface area contributed by atoms with Gasteiger partial charge in [-0.15, -0.1) is 0 Å². The van der Waals surface area contributed by atoms with Gasteiger partial charge in [-0.2, -0.15) is 11.2 Å². The SMILES string of the molecule is CC(C)[Si](Sc1ccc2nc(-c3ccc(-c4ccccc4F)cc3)[nH]c2c1)(C(C)C)C(C)C. The van der Waals surface area contributed by atoms with Gasteiger partial charge in [-0.1, -0.05) is 84.0 Å². The first-order chi connectivity index (χ1) is 15.7. The molecule has 0 aliphatic heterocycles. The Morgan fingerprint density at radius 2 is 1.39 bits per heavy atom. The van der Waals surface area contributed by atoms with Gasteiger partial charge in [0.15, 0.2) is 0 Å². The molecule has 1 heterocycles. The van der Waals surface area contributed by atoms with Crippen molar-refractivity contribution in [1.29, 1.82) is 0 Å². The molecule has 172 valence electrons. The van der Waals surface area contributed by atoms with Crippen LogP contribution in [0, 0.1) is 5.82 Å². The zero-order valence-corrected chi connectivity index (χ0v) is 22.1. The number of halogens is 1. The second-order valence-corrected chi connectivity index (χ2v) is 18.3. The van der Waals surface area contributed by atoms with Gasteiger partial charge in [-0.05, 0) is 46.5 Å². The van der Waals surface area contributed by atoms with Crippen molar-refractivity contribution < 1.29 is 4.39 Å². The van der Waals surface area contributed by atoms with Crippen LogP contribution in [0.2, 0.25) is 16.6 Å². The average molecular weight is 477 g/mol. The lowest BCUT2D eigenvalue weighted by Crippen LogP contribution is -2.40. The summed E-state index contributed by atoms with van der Waals surface area (Å²) in [6.07, 6.45) is 0. The van der Waals surface area contributed by atoms with E-state index >= 15 is 0 Å². The summed E-state index contributed by atoms with van der Waals surface area (Å²) in [4.78, 5) is 9.66. The number of imidazole rings is 1. The first-order valence-electron chi connectivity index (χ1n) is 11.8. The minimum Gasteiger partial charge on any atom is -0.338 e. The number of nitrogens with one attached hydrogen (secondary N) is 1. The van der Waals surface area contributed by atoms with Crippen LogP contribution in [0.25, 0.3) is 33.5 Å². The number of hydrogen-bond donors (Lipinski definition) is 1. The second-order valence-electron chi connectivity index (χ2n) is 9.74. The molecule has 4 aromatic rings. The lowest BCUT2D eigenvalue weighted by Gasteiger charge is -2.42. The molecule has 1 aromatic heterocycles. The summed E-state index contributed by atoms with van der Waals surface area (Å²) in [7, 11) is -1.60. The predicted octanol–water partition coefficient (Wildman–Crippen LogP) is 9.30. The standard InChI is InChI=1S/C28H33FN2SSi/c1-18(2)33(19(3)4,20(5)6)32-23-15-16-26-27(17-23)31-28(30-26)22-13-11-21(12-14-22)24-9-7-8-10-25(24)29/h7-20H,1-6H3,(H,30,31). The molecule has 0 aliphatic carbocycles. The summed E-state index contributed by atoms with van der Waals surface area (Å²) < 4.78 is 14.1. The fraction of sp³-hybridized carbons (Fsp3) is 0.321. The molecule has 0 fully saturated rings. The van der Waals surface area contributed by atoms with E-state index in [4.69, 9.17) is 4.98 Å². The monoisotopic (exact) mass is 476 g/mol. The van der Waals surface area contributed by atoms with Crippen molar-refractivity contribution in [3.63, 3.8) is 0 Å². The molecule has 0 saturated carbocycles. The van der Waals surface area contributed by atoms with Crippen LogP contribution in [0.15, 0.2) is 71.6 Å². The minimum atomic E-state index is -1.60. The number of rotatable bonds is 7. The van der Waals surface area contributed by atoms with Crippen LogP contribution in [0.4, 0.5) is 4.39 Å². The van der Waals surface area contributed by atoms with E-state index in [1.54, 1.807) is 12.1 Å². The number of aromatic amines is 1. The maximum absolute atomic E-state index is 14.1. The Balaban J connectivity index is 1.64. The number of benzene rings is 3. The maximum atomic E-state index is 14.1. The summed E-state index contributed by atoms with van der Waals surface area (Å²) in [5.41, 5.74) is 6.60. The largest absolute Gasteiger partial charge is 0.338 e. The lowest BCUT2D eigenvalue weighted by molar-refractivity contribution is 0.631. The third-order valence-corrected chi connectivity index (χ3v) is 19.1. The Hall–Kier alpha value is -2.37. The molecule has 0 spiro atoms. The number of aromatic nitrogens is 2. The van der Waals surface area contributed by atoms with Crippen LogP contribution in [0.1, 0.15) is 41.5 Å². The summed E-state index contributed by atoms with van der Waals surface area (Å²) in [6.45, 7) is 14.4. The summed E-state index contributed by atoms with van der Waals surface area (Å²) in [5.74, 6) is 0.634. The molecule has 1 N–H and O–H groups in total. The molecule has 0 saturated heterocycles. The molecule has 4 rings (SSSR count). The first-order valence-corrected chi connectivity index (χ1v) is 15.5. The summed E-state index contributed by atoms with van der Waals surface area (Å²) in [6, 6.07) is 21.4. The average Bonchev–Trinajstić information content (AvgIpc) is 3.20. The molecule has 5 heteroatoms. The molecule has 0 unspecified atom stereocenters. The molecule has 0 aliphatic rings. The van der Waals surface area contributed by atoms with Crippen molar-refractivity contribution in [2.24, 2.45) is 0 Å². The topological polar surface area (TPSA) is 28.7 Å². The van der Waals surface area contributed by atoms with Gasteiger partial charge in [-0.25, -0.2) is 9.37 Å². The Bertz CT molecular complexity index is 1220. The van der Waals surface area contributed by atoms with E-state index in [9.17, 15) is 4.39 Å². The van der Waals surface area contributed by atoms with Crippen LogP contribution in [0.3, 0.4) is 0 Å². The first kappa shape index (κ1) is 23.8. The second kappa shape index (κ2) is 9.47. The van der Waals surface area contributed by atoms with Crippen molar-refractivity contribution in [3.05, 3.63) is 72.5 Å². The highest BCUT2D eigenvalue weighted by Gasteiger charge is 2.44. The molecule has 0 radical (unpaired) electrons. The van der Waals surface area contributed by atoms with Gasteiger partial charge in [0.2, 0.25) is 0 Å². The van der Waals surface area contributed by atoms with E-state index in [2.05, 4.69) is 75.9 Å². The van der Waals surface area contributed by atoms with Crippen LogP contribution < -0.4 is 0 Å². The van der Waals surface area contributed by atoms with E-state index < -0.39 is 7.22 Å². The molecule has 0 bridgehead atoms. The van der Waals surface area contributed by atoms with Gasteiger partial charge < -0.3 is 4.98 Å². The Morgan fingerprint density at radius 3 is 2.00 bits per heavy atom. The van der Waals surface area contributed by atoms with E-state index in [0.717, 1.165) is 28.0 Å². The van der Waals surface area contributed by atoms with Gasteiger partial charge in [0.05, 0.1) is 11.0 Å². The third kappa shape index (κ3) is 4.53. The zero-order chi connectivity index (χ0) is 23.8. The van der Waals surface area contributed by atoms with E-state index in [1.807, 2.05) is 30.3 Å². The van der Waals surface area contributed by atoms with Gasteiger partial charge >= 0.3 is 0 Å². The third-order valence-electron chi connectivity index (χ3n) is 6.80. The molecule has 2 nitrogen and oxygen atoms in total. The number of fused-ring (bicyclic) bond motifs is 1. The quantitative estimate of drug-likeness (QED) is 0.269. The van der Waals surface area contributed by atoms with Gasteiger partial charge in [-0.3, -0.25) is 0 Å². The Kier molecular flexibility index (Phi) is 6.82. The fourth-order valence-corrected chi connectivity index (χ4v) is 14.4. The van der Waals surface area contributed by atoms with Crippen molar-refractivity contribution in [3.8, 4) is 22.5 Å². The highest BCUT2D eigenvalue weighted by atomic mass is 32.4. The lowest BCUT2D eigenvalue weighted by atomic mass is 10.0. The van der Waals surface area contributed by atoms with Crippen molar-refractivity contribution in [2.75, 3.05) is 0 Å². The normalized spacial score (nSPS) is 12.4. The molecular formula is C28H33FN2SSi. The van der Waals surface area contributed by atoms with Crippen LogP contribution in [0.5, 0.6) is 0 Å². The van der Waals surface area contributed by atoms with Crippen LogP contribution in [-0.2, 0) is 0 Å². The molecular weight excluding hydrogens is 443 g/mol. The maximum Gasteiger partial charge on any atom is 0.138 e. The summed E-state index contributed by atoms with van der Waals surface area (Å²) >= 11 is 2.14. The van der Waals surface area contributed by atoms with Gasteiger partial charge in [0, 0.05) is 16.0 Å². The van der Waals surface area contributed by atoms with Crippen molar-refractivity contribution in [2.45, 2.75) is 63.1 Å². The van der Waals surface area contributed by atoms with Crippen LogP contribution in [-0.4, -0.2) is 17.2 Å². The number of nitrogens with zero attached hydrogens (tertiary/aromatic N) is 1. The zero-order valence-electron chi connectivity index (χ0n) is 20.3. The minimum absolute atomic E-state index is 0.206. The highest BCUT2D eigenvalue weighted by Crippen LogP contribution is 2.52. The molecule has 3 aromatic carbocycles. The van der Waals surface area contributed by atoms with E-state index in [0.29, 0.717) is 22.2 Å². The van der Waals surface area contributed by atoms with Crippen LogP contribution >= 0.6 is 11.2 Å². The molecule has 33 heavy (non-hydrogen) atoms. The summed E-state index contributed by atoms with van der Waals surface area (Å²) in [5, 5.41) is 0. The molecule has 0 atom stereocenters. The number of hydrogen-bond acceptors (Lipinski definition) is 2. The van der Waals surface area contributed by atoms with E-state index in [1.165, 1.54) is 11.0 Å². The Labute approximate surface area is 201 Å². The fourth-order valence-electron chi connectivity index (χ4n) is 5.25. The molecule has 0 amide bonds. The number of H-pyrrole nitrogens is 1. The van der Waals surface area contributed by atoms with Gasteiger partial charge in [0.1, 0.15) is 18.9 Å².